The Labute approximate surface area is 114 Å². The summed E-state index contributed by atoms with van der Waals surface area (Å²) >= 11 is 6.02. The standard InChI is InChI=1S/C15H10ClNO2/c1-9-5-6-11(8-17-9)14(18)13-7-10-3-2-4-12(16)15(10)19-13/h2-8H,1H3. The number of fused-ring (bicyclic) bond motifs is 1. The Balaban J connectivity index is 2.06. The van der Waals surface area contributed by atoms with Gasteiger partial charge in [0.15, 0.2) is 11.3 Å². The van der Waals surface area contributed by atoms with Gasteiger partial charge in [-0.05, 0) is 31.2 Å². The molecule has 0 saturated heterocycles. The number of carbonyl (C=O) groups excluding carboxylic acids is 1. The zero-order valence-electron chi connectivity index (χ0n) is 10.2. The molecule has 0 amide bonds. The van der Waals surface area contributed by atoms with Crippen LogP contribution < -0.4 is 0 Å². The van der Waals surface area contributed by atoms with Crippen molar-refractivity contribution in [3.63, 3.8) is 0 Å². The first kappa shape index (κ1) is 11.9. The van der Waals surface area contributed by atoms with Gasteiger partial charge in [-0.2, -0.15) is 0 Å². The summed E-state index contributed by atoms with van der Waals surface area (Å²) in [5.74, 6) is 0.0773. The highest BCUT2D eigenvalue weighted by Gasteiger charge is 2.15. The third-order valence-corrected chi connectivity index (χ3v) is 3.19. The van der Waals surface area contributed by atoms with E-state index in [1.54, 1.807) is 30.5 Å². The predicted octanol–water partition coefficient (Wildman–Crippen LogP) is 4.02. The first-order valence-corrected chi connectivity index (χ1v) is 6.18. The molecule has 0 aliphatic carbocycles. The number of carbonyl (C=O) groups is 1. The second kappa shape index (κ2) is 4.52. The number of benzene rings is 1. The first-order chi connectivity index (χ1) is 9.15. The maximum absolute atomic E-state index is 12.3. The van der Waals surface area contributed by atoms with Crippen LogP contribution in [-0.4, -0.2) is 10.8 Å². The fourth-order valence-corrected chi connectivity index (χ4v) is 2.10. The van der Waals surface area contributed by atoms with Crippen LogP contribution in [0, 0.1) is 6.92 Å². The van der Waals surface area contributed by atoms with Crippen molar-refractivity contribution < 1.29 is 9.21 Å². The molecule has 3 rings (SSSR count). The molecule has 0 aliphatic heterocycles. The number of hydrogen-bond donors (Lipinski definition) is 0. The molecular weight excluding hydrogens is 262 g/mol. The lowest BCUT2D eigenvalue weighted by molar-refractivity contribution is 0.101. The van der Waals surface area contributed by atoms with Crippen molar-refractivity contribution in [2.24, 2.45) is 0 Å². The Hall–Kier alpha value is -2.13. The number of aromatic nitrogens is 1. The van der Waals surface area contributed by atoms with Crippen molar-refractivity contribution in [1.82, 2.24) is 4.98 Å². The van der Waals surface area contributed by atoms with Crippen molar-refractivity contribution >= 4 is 28.4 Å². The summed E-state index contributed by atoms with van der Waals surface area (Å²) in [5, 5.41) is 1.31. The van der Waals surface area contributed by atoms with Crippen LogP contribution >= 0.6 is 11.6 Å². The zero-order chi connectivity index (χ0) is 13.4. The van der Waals surface area contributed by atoms with Gasteiger partial charge in [-0.3, -0.25) is 9.78 Å². The van der Waals surface area contributed by atoms with E-state index < -0.39 is 0 Å². The fourth-order valence-electron chi connectivity index (χ4n) is 1.88. The highest BCUT2D eigenvalue weighted by molar-refractivity contribution is 6.35. The lowest BCUT2D eigenvalue weighted by atomic mass is 10.1. The number of halogens is 1. The maximum atomic E-state index is 12.3. The minimum atomic E-state index is -0.195. The highest BCUT2D eigenvalue weighted by Crippen LogP contribution is 2.27. The molecule has 0 saturated carbocycles. The molecule has 0 aliphatic rings. The van der Waals surface area contributed by atoms with Gasteiger partial charge in [0.25, 0.3) is 0 Å². The summed E-state index contributed by atoms with van der Waals surface area (Å²) < 4.78 is 5.54. The van der Waals surface area contributed by atoms with Crippen molar-refractivity contribution in [2.75, 3.05) is 0 Å². The van der Waals surface area contributed by atoms with Gasteiger partial charge >= 0.3 is 0 Å². The molecule has 19 heavy (non-hydrogen) atoms. The van der Waals surface area contributed by atoms with Crippen LogP contribution in [0.5, 0.6) is 0 Å². The molecule has 0 atom stereocenters. The Kier molecular flexibility index (Phi) is 2.84. The van der Waals surface area contributed by atoms with E-state index in [-0.39, 0.29) is 11.5 Å². The van der Waals surface area contributed by atoms with Crippen molar-refractivity contribution in [1.29, 1.82) is 0 Å². The molecule has 3 nitrogen and oxygen atoms in total. The topological polar surface area (TPSA) is 43.1 Å². The lowest BCUT2D eigenvalue weighted by Gasteiger charge is -1.97. The van der Waals surface area contributed by atoms with Gasteiger partial charge in [0, 0.05) is 22.8 Å². The zero-order valence-corrected chi connectivity index (χ0v) is 10.9. The summed E-state index contributed by atoms with van der Waals surface area (Å²) in [4.78, 5) is 16.4. The van der Waals surface area contributed by atoms with E-state index >= 15 is 0 Å². The number of nitrogens with zero attached hydrogens (tertiary/aromatic N) is 1. The van der Waals surface area contributed by atoms with Crippen LogP contribution in [0.1, 0.15) is 21.8 Å². The summed E-state index contributed by atoms with van der Waals surface area (Å²) in [5.41, 5.74) is 1.90. The van der Waals surface area contributed by atoms with Crippen LogP contribution in [0.2, 0.25) is 5.02 Å². The summed E-state index contributed by atoms with van der Waals surface area (Å²) in [6.45, 7) is 1.87. The van der Waals surface area contributed by atoms with Crippen molar-refractivity contribution in [2.45, 2.75) is 6.92 Å². The van der Waals surface area contributed by atoms with Gasteiger partial charge in [-0.1, -0.05) is 23.7 Å². The van der Waals surface area contributed by atoms with E-state index in [0.717, 1.165) is 11.1 Å². The quantitative estimate of drug-likeness (QED) is 0.661. The van der Waals surface area contributed by atoms with Gasteiger partial charge in [0.05, 0.1) is 5.02 Å². The molecule has 0 radical (unpaired) electrons. The minimum absolute atomic E-state index is 0.195. The van der Waals surface area contributed by atoms with Crippen LogP contribution in [0.15, 0.2) is 47.0 Å². The van der Waals surface area contributed by atoms with Crippen LogP contribution in [-0.2, 0) is 0 Å². The highest BCUT2D eigenvalue weighted by atomic mass is 35.5. The number of ketones is 1. The molecule has 1 aromatic carbocycles. The molecule has 0 spiro atoms. The molecule has 2 heterocycles. The van der Waals surface area contributed by atoms with Gasteiger partial charge < -0.3 is 4.42 Å². The number of aryl methyl sites for hydroxylation is 1. The maximum Gasteiger partial charge on any atom is 0.229 e. The molecule has 0 fully saturated rings. The van der Waals surface area contributed by atoms with Crippen LogP contribution in [0.25, 0.3) is 11.0 Å². The predicted molar refractivity (Wildman–Crippen MR) is 73.6 cm³/mol. The summed E-state index contributed by atoms with van der Waals surface area (Å²) in [7, 11) is 0. The second-order valence-corrected chi connectivity index (χ2v) is 4.69. The monoisotopic (exact) mass is 271 g/mol. The average molecular weight is 272 g/mol. The molecule has 94 valence electrons. The van der Waals surface area contributed by atoms with E-state index in [1.165, 1.54) is 0 Å². The molecule has 2 aromatic heterocycles. The Morgan fingerprint density at radius 3 is 2.79 bits per heavy atom. The molecule has 0 unspecified atom stereocenters. The molecular formula is C15H10ClNO2. The molecule has 0 bridgehead atoms. The molecule has 3 aromatic rings. The second-order valence-electron chi connectivity index (χ2n) is 4.29. The van der Waals surface area contributed by atoms with Gasteiger partial charge in [-0.15, -0.1) is 0 Å². The van der Waals surface area contributed by atoms with Crippen molar-refractivity contribution in [3.05, 3.63) is 64.6 Å². The fraction of sp³-hybridized carbons (Fsp3) is 0.0667. The summed E-state index contributed by atoms with van der Waals surface area (Å²) in [6, 6.07) is 10.6. The third-order valence-electron chi connectivity index (χ3n) is 2.89. The van der Waals surface area contributed by atoms with Gasteiger partial charge in [0.2, 0.25) is 5.78 Å². The Morgan fingerprint density at radius 2 is 2.11 bits per heavy atom. The first-order valence-electron chi connectivity index (χ1n) is 5.80. The van der Waals surface area contributed by atoms with Gasteiger partial charge in [-0.25, -0.2) is 0 Å². The largest absolute Gasteiger partial charge is 0.451 e. The number of furan rings is 1. The Bertz CT molecular complexity index is 759. The van der Waals surface area contributed by atoms with Crippen molar-refractivity contribution in [3.8, 4) is 0 Å². The average Bonchev–Trinajstić information content (AvgIpc) is 2.84. The number of pyridine rings is 1. The summed E-state index contributed by atoms with van der Waals surface area (Å²) in [6.07, 6.45) is 1.55. The normalized spacial score (nSPS) is 10.8. The van der Waals surface area contributed by atoms with Gasteiger partial charge in [0.1, 0.15) is 0 Å². The van der Waals surface area contributed by atoms with E-state index in [9.17, 15) is 4.79 Å². The van der Waals surface area contributed by atoms with E-state index in [0.29, 0.717) is 16.2 Å². The SMILES string of the molecule is Cc1ccc(C(=O)c2cc3cccc(Cl)c3o2)cn1. The van der Waals surface area contributed by atoms with E-state index in [2.05, 4.69) is 4.98 Å². The van der Waals surface area contributed by atoms with E-state index in [1.807, 2.05) is 19.1 Å². The minimum Gasteiger partial charge on any atom is -0.451 e. The van der Waals surface area contributed by atoms with E-state index in [4.69, 9.17) is 16.0 Å². The number of hydrogen-bond acceptors (Lipinski definition) is 3. The van der Waals surface area contributed by atoms with Crippen LogP contribution in [0.4, 0.5) is 0 Å². The third kappa shape index (κ3) is 2.13. The molecule has 0 N–H and O–H groups in total. The Morgan fingerprint density at radius 1 is 1.26 bits per heavy atom. The lowest BCUT2D eigenvalue weighted by Crippen LogP contribution is -2.00. The number of rotatable bonds is 2. The van der Waals surface area contributed by atoms with Crippen LogP contribution in [0.3, 0.4) is 0 Å². The smallest absolute Gasteiger partial charge is 0.229 e. The number of para-hydroxylation sites is 1. The molecule has 4 heteroatoms.